The van der Waals surface area contributed by atoms with Crippen molar-refractivity contribution in [2.45, 2.75) is 31.7 Å². The number of benzene rings is 2. The summed E-state index contributed by atoms with van der Waals surface area (Å²) >= 11 is 0. The fraction of sp³-hybridized carbons (Fsp3) is 0.250. The summed E-state index contributed by atoms with van der Waals surface area (Å²) in [5.41, 5.74) is 1.68. The van der Waals surface area contributed by atoms with E-state index in [2.05, 4.69) is 4.18 Å². The number of hydrogen-bond acceptors (Lipinski definition) is 6. The first kappa shape index (κ1) is 21.7. The Balaban J connectivity index is 1.97. The van der Waals surface area contributed by atoms with Crippen molar-refractivity contribution < 1.29 is 35.0 Å². The van der Waals surface area contributed by atoms with Gasteiger partial charge in [-0.1, -0.05) is 13.3 Å². The molecule has 0 radical (unpaired) electrons. The summed E-state index contributed by atoms with van der Waals surface area (Å²) in [5, 5.41) is 0.533. The lowest BCUT2D eigenvalue weighted by Crippen LogP contribution is -2.28. The average molecular weight is 441 g/mol. The highest BCUT2D eigenvalue weighted by atomic mass is 32.2. The van der Waals surface area contributed by atoms with Gasteiger partial charge in [0.1, 0.15) is 17.1 Å². The number of nitrogen functional groups attached to an aromatic ring is 1. The minimum Gasteiger partial charge on any atom is -0.460 e. The third kappa shape index (κ3) is 4.28. The van der Waals surface area contributed by atoms with Gasteiger partial charge in [0.2, 0.25) is 0 Å². The molecule has 0 saturated heterocycles. The summed E-state index contributed by atoms with van der Waals surface area (Å²) in [6.07, 6.45) is 2.20. The Morgan fingerprint density at radius 2 is 1.80 bits per heavy atom. The third-order valence-electron chi connectivity index (χ3n) is 4.38. The molecule has 0 saturated carbocycles. The number of carbonyl (C=O) groups is 1. The summed E-state index contributed by atoms with van der Waals surface area (Å²) in [6.45, 7) is 2.00. The minimum atomic E-state index is -5.79. The number of furan rings is 1. The molecule has 6 nitrogen and oxygen atoms in total. The maximum absolute atomic E-state index is 13.1. The molecule has 1 aromatic heterocycles. The highest BCUT2D eigenvalue weighted by Gasteiger charge is 2.48. The van der Waals surface area contributed by atoms with Gasteiger partial charge in [0.25, 0.3) is 0 Å². The molecule has 0 bridgehead atoms. The number of anilines is 1. The summed E-state index contributed by atoms with van der Waals surface area (Å²) in [6, 6.07) is 9.29. The van der Waals surface area contributed by atoms with Crippen LogP contribution in [0.4, 0.5) is 18.9 Å². The molecule has 3 aromatic rings. The monoisotopic (exact) mass is 441 g/mol. The quantitative estimate of drug-likeness (QED) is 0.244. The second-order valence-corrected chi connectivity index (χ2v) is 8.13. The Morgan fingerprint density at radius 1 is 1.13 bits per heavy atom. The second kappa shape index (κ2) is 8.02. The lowest BCUT2D eigenvalue weighted by Gasteiger charge is -2.09. The fourth-order valence-electron chi connectivity index (χ4n) is 2.91. The molecule has 30 heavy (non-hydrogen) atoms. The molecule has 1 heterocycles. The highest BCUT2D eigenvalue weighted by Crippen LogP contribution is 2.32. The number of unbranched alkanes of at least 4 members (excludes halogenated alkanes) is 1. The minimum absolute atomic E-state index is 0.134. The number of aryl methyl sites for hydroxylation is 1. The first-order chi connectivity index (χ1) is 14.0. The van der Waals surface area contributed by atoms with Crippen LogP contribution < -0.4 is 9.92 Å². The summed E-state index contributed by atoms with van der Waals surface area (Å²) in [5.74, 6) is -0.491. The second-order valence-electron chi connectivity index (χ2n) is 6.60. The zero-order valence-electron chi connectivity index (χ0n) is 15.8. The molecule has 2 aromatic carbocycles. The molecule has 10 heteroatoms. The molecule has 3 rings (SSSR count). The smallest absolute Gasteiger partial charge is 0.460 e. The molecule has 0 aliphatic rings. The standard InChI is InChI=1S/C20H18F3NO5S/c1-2-3-4-17-18(15-11-13(24)7-10-16(15)28-17)19(25)12-5-8-14(9-6-12)29-30(26,27)20(21,22)23/h5-11H,2-4,24H2,1H3. The first-order valence-corrected chi connectivity index (χ1v) is 10.4. The number of carbonyl (C=O) groups excluding carboxylic acids is 1. The molecule has 0 aliphatic heterocycles. The van der Waals surface area contributed by atoms with Gasteiger partial charge >= 0.3 is 15.6 Å². The topological polar surface area (TPSA) is 99.6 Å². The van der Waals surface area contributed by atoms with E-state index in [1.165, 1.54) is 12.1 Å². The van der Waals surface area contributed by atoms with Gasteiger partial charge in [-0.25, -0.2) is 0 Å². The van der Waals surface area contributed by atoms with Crippen molar-refractivity contribution in [2.24, 2.45) is 0 Å². The van der Waals surface area contributed by atoms with Crippen LogP contribution in [0.3, 0.4) is 0 Å². The molecule has 0 fully saturated rings. The SMILES string of the molecule is CCCCc1oc2ccc(N)cc2c1C(=O)c1ccc(OS(=O)(=O)C(F)(F)F)cc1. The molecule has 0 unspecified atom stereocenters. The van der Waals surface area contributed by atoms with Gasteiger partial charge in [0, 0.05) is 23.1 Å². The summed E-state index contributed by atoms with van der Waals surface area (Å²) < 4.78 is 69.5. The molecule has 0 amide bonds. The lowest BCUT2D eigenvalue weighted by atomic mass is 9.98. The van der Waals surface area contributed by atoms with Crippen LogP contribution in [0.1, 0.15) is 41.4 Å². The predicted molar refractivity (Wildman–Crippen MR) is 105 cm³/mol. The molecular formula is C20H18F3NO5S. The van der Waals surface area contributed by atoms with Crippen LogP contribution >= 0.6 is 0 Å². The zero-order valence-corrected chi connectivity index (χ0v) is 16.6. The Morgan fingerprint density at radius 3 is 2.40 bits per heavy atom. The van der Waals surface area contributed by atoms with Crippen LogP contribution in [0.15, 0.2) is 46.9 Å². The molecule has 160 valence electrons. The first-order valence-electron chi connectivity index (χ1n) is 9.00. The number of hydrogen-bond donors (Lipinski definition) is 1. The van der Waals surface area contributed by atoms with Crippen molar-refractivity contribution in [3.8, 4) is 5.75 Å². The molecule has 0 atom stereocenters. The van der Waals surface area contributed by atoms with Gasteiger partial charge < -0.3 is 14.3 Å². The maximum atomic E-state index is 13.1. The molecular weight excluding hydrogens is 423 g/mol. The van der Waals surface area contributed by atoms with Gasteiger partial charge in [-0.2, -0.15) is 21.6 Å². The number of nitrogens with two attached hydrogens (primary N) is 1. The third-order valence-corrected chi connectivity index (χ3v) is 5.35. The average Bonchev–Trinajstić information content (AvgIpc) is 3.02. The van der Waals surface area contributed by atoms with E-state index in [-0.39, 0.29) is 5.56 Å². The van der Waals surface area contributed by atoms with E-state index in [4.69, 9.17) is 10.2 Å². The number of rotatable bonds is 7. The Hall–Kier alpha value is -3.01. The predicted octanol–water partition coefficient (Wildman–Crippen LogP) is 4.82. The van der Waals surface area contributed by atoms with Crippen LogP contribution in [0, 0.1) is 0 Å². The number of alkyl halides is 3. The van der Waals surface area contributed by atoms with Gasteiger partial charge in [-0.05, 0) is 48.9 Å². The van der Waals surface area contributed by atoms with Gasteiger partial charge in [-0.3, -0.25) is 4.79 Å². The van der Waals surface area contributed by atoms with Crippen molar-refractivity contribution in [2.75, 3.05) is 5.73 Å². The van der Waals surface area contributed by atoms with E-state index in [1.807, 2.05) is 6.92 Å². The van der Waals surface area contributed by atoms with Crippen molar-refractivity contribution >= 4 is 32.6 Å². The van der Waals surface area contributed by atoms with Gasteiger partial charge in [0.15, 0.2) is 5.78 Å². The lowest BCUT2D eigenvalue weighted by molar-refractivity contribution is -0.0500. The fourth-order valence-corrected chi connectivity index (χ4v) is 3.37. The molecule has 0 spiro atoms. The van der Waals surface area contributed by atoms with E-state index in [1.54, 1.807) is 18.2 Å². The Labute approximate surface area is 170 Å². The Kier molecular flexibility index (Phi) is 5.80. The number of halogens is 3. The van der Waals surface area contributed by atoms with Crippen molar-refractivity contribution in [1.29, 1.82) is 0 Å². The van der Waals surface area contributed by atoms with Gasteiger partial charge in [0.05, 0.1) is 5.56 Å². The Bertz CT molecular complexity index is 1180. The van der Waals surface area contributed by atoms with Crippen molar-refractivity contribution in [3.05, 3.63) is 59.4 Å². The van der Waals surface area contributed by atoms with E-state index in [0.717, 1.165) is 25.0 Å². The van der Waals surface area contributed by atoms with E-state index in [9.17, 15) is 26.4 Å². The van der Waals surface area contributed by atoms with Crippen molar-refractivity contribution in [3.63, 3.8) is 0 Å². The van der Waals surface area contributed by atoms with Crippen LogP contribution in [0.5, 0.6) is 5.75 Å². The van der Waals surface area contributed by atoms with E-state index >= 15 is 0 Å². The van der Waals surface area contributed by atoms with E-state index < -0.39 is 27.2 Å². The zero-order chi connectivity index (χ0) is 22.1. The van der Waals surface area contributed by atoms with Crippen LogP contribution in [0.25, 0.3) is 11.0 Å². The number of ketones is 1. The van der Waals surface area contributed by atoms with Crippen LogP contribution in [-0.2, 0) is 16.5 Å². The largest absolute Gasteiger partial charge is 0.534 e. The molecule has 0 aliphatic carbocycles. The van der Waals surface area contributed by atoms with Gasteiger partial charge in [-0.15, -0.1) is 0 Å². The van der Waals surface area contributed by atoms with Crippen LogP contribution in [0.2, 0.25) is 0 Å². The van der Waals surface area contributed by atoms with Crippen LogP contribution in [-0.4, -0.2) is 19.7 Å². The summed E-state index contributed by atoms with van der Waals surface area (Å²) in [4.78, 5) is 13.1. The highest BCUT2D eigenvalue weighted by molar-refractivity contribution is 7.88. The maximum Gasteiger partial charge on any atom is 0.534 e. The summed E-state index contributed by atoms with van der Waals surface area (Å²) in [7, 11) is -5.79. The normalized spacial score (nSPS) is 12.3. The van der Waals surface area contributed by atoms with E-state index in [0.29, 0.717) is 34.4 Å². The number of fused-ring (bicyclic) bond motifs is 1. The molecule has 2 N–H and O–H groups in total. The van der Waals surface area contributed by atoms with Crippen molar-refractivity contribution in [1.82, 2.24) is 0 Å².